The molecule has 2 heteroatoms. The van der Waals surface area contributed by atoms with E-state index in [1.165, 1.54) is 11.1 Å². The minimum absolute atomic E-state index is 0.366. The number of hydrogen-bond acceptors (Lipinski definition) is 2. The maximum Gasteiger partial charge on any atom is 0.0622 e. The van der Waals surface area contributed by atoms with Crippen LogP contribution in [0.1, 0.15) is 36.9 Å². The summed E-state index contributed by atoms with van der Waals surface area (Å²) in [5.74, 6) is 0. The van der Waals surface area contributed by atoms with Crippen LogP contribution in [-0.2, 0) is 0 Å². The molecule has 0 unspecified atom stereocenters. The van der Waals surface area contributed by atoms with Crippen molar-refractivity contribution in [3.05, 3.63) is 35.4 Å². The van der Waals surface area contributed by atoms with E-state index in [0.29, 0.717) is 12.5 Å². The number of benzene rings is 1. The van der Waals surface area contributed by atoms with Crippen LogP contribution in [0.4, 0.5) is 0 Å². The van der Waals surface area contributed by atoms with Crippen LogP contribution in [0.5, 0.6) is 0 Å². The molecule has 0 aromatic heterocycles. The summed E-state index contributed by atoms with van der Waals surface area (Å²) < 4.78 is 0. The van der Waals surface area contributed by atoms with Crippen molar-refractivity contribution in [2.24, 2.45) is 0 Å². The van der Waals surface area contributed by atoms with E-state index in [2.05, 4.69) is 49.5 Å². The van der Waals surface area contributed by atoms with Crippen LogP contribution in [0.25, 0.3) is 0 Å². The van der Waals surface area contributed by atoms with E-state index in [0.717, 1.165) is 13.0 Å². The third-order valence-electron chi connectivity index (χ3n) is 2.57. The molecule has 1 atom stereocenters. The smallest absolute Gasteiger partial charge is 0.0622 e. The maximum absolute atomic E-state index is 8.41. The van der Waals surface area contributed by atoms with E-state index in [4.69, 9.17) is 5.26 Å². The quantitative estimate of drug-likeness (QED) is 0.745. The summed E-state index contributed by atoms with van der Waals surface area (Å²) in [7, 11) is 0. The first kappa shape index (κ1) is 11.7. The van der Waals surface area contributed by atoms with Crippen molar-refractivity contribution in [3.63, 3.8) is 0 Å². The third-order valence-corrected chi connectivity index (χ3v) is 2.57. The molecule has 2 nitrogen and oxygen atoms in total. The van der Waals surface area contributed by atoms with Gasteiger partial charge >= 0.3 is 0 Å². The molecule has 0 aliphatic rings. The molecule has 1 aromatic rings. The van der Waals surface area contributed by atoms with E-state index < -0.39 is 0 Å². The standard InChI is InChI=1S/C13H18N2/c1-11-7-3-4-8-13(11)12(2)15-10-6-5-9-14/h3-4,7-8,12,15H,5-6,10H2,1-2H3/t12-/m1/s1. The zero-order valence-corrected chi connectivity index (χ0v) is 9.46. The van der Waals surface area contributed by atoms with Crippen molar-refractivity contribution in [2.45, 2.75) is 32.7 Å². The number of nitrogens with zero attached hydrogens (tertiary/aromatic N) is 1. The zero-order valence-electron chi connectivity index (χ0n) is 9.46. The summed E-state index contributed by atoms with van der Waals surface area (Å²) in [6.07, 6.45) is 1.56. The average Bonchev–Trinajstić information content (AvgIpc) is 2.25. The number of unbranched alkanes of at least 4 members (excludes halogenated alkanes) is 1. The van der Waals surface area contributed by atoms with Crippen molar-refractivity contribution < 1.29 is 0 Å². The molecule has 0 aliphatic heterocycles. The number of nitrogens with one attached hydrogen (secondary N) is 1. The normalized spacial score (nSPS) is 12.1. The van der Waals surface area contributed by atoms with Gasteiger partial charge in [0.25, 0.3) is 0 Å². The minimum Gasteiger partial charge on any atom is -0.310 e. The highest BCUT2D eigenvalue weighted by Crippen LogP contribution is 2.16. The van der Waals surface area contributed by atoms with Gasteiger partial charge in [0, 0.05) is 12.5 Å². The predicted octanol–water partition coefficient (Wildman–Crippen LogP) is 2.95. The van der Waals surface area contributed by atoms with Gasteiger partial charge in [-0.2, -0.15) is 5.26 Å². The molecule has 0 spiro atoms. The Morgan fingerprint density at radius 3 is 2.80 bits per heavy atom. The molecule has 0 radical (unpaired) electrons. The van der Waals surface area contributed by atoms with Gasteiger partial charge in [0.2, 0.25) is 0 Å². The van der Waals surface area contributed by atoms with Crippen LogP contribution < -0.4 is 5.32 Å². The lowest BCUT2D eigenvalue weighted by atomic mass is 10.0. The number of hydrogen-bond donors (Lipinski definition) is 1. The molecule has 0 heterocycles. The summed E-state index contributed by atoms with van der Waals surface area (Å²) >= 11 is 0. The second-order valence-corrected chi connectivity index (χ2v) is 3.79. The Balaban J connectivity index is 2.44. The van der Waals surface area contributed by atoms with Gasteiger partial charge in [-0.15, -0.1) is 0 Å². The lowest BCUT2D eigenvalue weighted by molar-refractivity contribution is 0.560. The van der Waals surface area contributed by atoms with Gasteiger partial charge in [-0.3, -0.25) is 0 Å². The maximum atomic E-state index is 8.41. The van der Waals surface area contributed by atoms with Crippen LogP contribution in [0, 0.1) is 18.3 Å². The molecule has 0 amide bonds. The highest BCUT2D eigenvalue weighted by atomic mass is 14.9. The van der Waals surface area contributed by atoms with Crippen LogP contribution in [0.2, 0.25) is 0 Å². The summed E-state index contributed by atoms with van der Waals surface area (Å²) in [4.78, 5) is 0. The van der Waals surface area contributed by atoms with Gasteiger partial charge in [-0.25, -0.2) is 0 Å². The van der Waals surface area contributed by atoms with Crippen molar-refractivity contribution in [2.75, 3.05) is 6.54 Å². The lowest BCUT2D eigenvalue weighted by Gasteiger charge is -2.15. The lowest BCUT2D eigenvalue weighted by Crippen LogP contribution is -2.20. The first-order valence-electron chi connectivity index (χ1n) is 5.41. The van der Waals surface area contributed by atoms with Gasteiger partial charge in [0.05, 0.1) is 6.07 Å². The van der Waals surface area contributed by atoms with E-state index in [-0.39, 0.29) is 0 Å². The van der Waals surface area contributed by atoms with Crippen LogP contribution in [0.15, 0.2) is 24.3 Å². The molecule has 1 aromatic carbocycles. The first-order chi connectivity index (χ1) is 7.25. The molecular weight excluding hydrogens is 184 g/mol. The van der Waals surface area contributed by atoms with Gasteiger partial charge in [-0.1, -0.05) is 24.3 Å². The fraction of sp³-hybridized carbons (Fsp3) is 0.462. The van der Waals surface area contributed by atoms with E-state index in [1.54, 1.807) is 0 Å². The van der Waals surface area contributed by atoms with Crippen LogP contribution in [-0.4, -0.2) is 6.54 Å². The highest BCUT2D eigenvalue weighted by Gasteiger charge is 2.05. The van der Waals surface area contributed by atoms with Crippen molar-refractivity contribution in [3.8, 4) is 6.07 Å². The molecular formula is C13H18N2. The molecule has 0 saturated carbocycles. The van der Waals surface area contributed by atoms with Crippen LogP contribution in [0.3, 0.4) is 0 Å². The number of rotatable bonds is 5. The topological polar surface area (TPSA) is 35.8 Å². The molecule has 0 fully saturated rings. The molecule has 0 aliphatic carbocycles. The Kier molecular flexibility index (Phi) is 4.86. The number of nitriles is 1. The second kappa shape index (κ2) is 6.21. The molecule has 80 valence electrons. The van der Waals surface area contributed by atoms with Crippen LogP contribution >= 0.6 is 0 Å². The molecule has 0 saturated heterocycles. The van der Waals surface area contributed by atoms with Gasteiger partial charge in [0.15, 0.2) is 0 Å². The fourth-order valence-corrected chi connectivity index (χ4v) is 1.67. The molecule has 1 N–H and O–H groups in total. The Morgan fingerprint density at radius 1 is 1.40 bits per heavy atom. The predicted molar refractivity (Wildman–Crippen MR) is 62.4 cm³/mol. The second-order valence-electron chi connectivity index (χ2n) is 3.79. The van der Waals surface area contributed by atoms with Crippen molar-refractivity contribution in [1.82, 2.24) is 5.32 Å². The zero-order chi connectivity index (χ0) is 11.1. The summed E-state index contributed by atoms with van der Waals surface area (Å²) in [6.45, 7) is 5.20. The SMILES string of the molecule is Cc1ccccc1[C@@H](C)NCCCC#N. The minimum atomic E-state index is 0.366. The highest BCUT2D eigenvalue weighted by molar-refractivity contribution is 5.28. The van der Waals surface area contributed by atoms with Crippen molar-refractivity contribution in [1.29, 1.82) is 5.26 Å². The number of aryl methyl sites for hydroxylation is 1. The summed E-state index contributed by atoms with van der Waals surface area (Å²) in [5.41, 5.74) is 2.66. The first-order valence-corrected chi connectivity index (χ1v) is 5.41. The monoisotopic (exact) mass is 202 g/mol. The third kappa shape index (κ3) is 3.73. The van der Waals surface area contributed by atoms with E-state index >= 15 is 0 Å². The van der Waals surface area contributed by atoms with Crippen molar-refractivity contribution >= 4 is 0 Å². The molecule has 0 bridgehead atoms. The fourth-order valence-electron chi connectivity index (χ4n) is 1.67. The summed E-state index contributed by atoms with van der Waals surface area (Å²) in [5, 5.41) is 11.8. The summed E-state index contributed by atoms with van der Waals surface area (Å²) in [6, 6.07) is 10.9. The van der Waals surface area contributed by atoms with E-state index in [9.17, 15) is 0 Å². The van der Waals surface area contributed by atoms with Gasteiger partial charge < -0.3 is 5.32 Å². The molecule has 1 rings (SSSR count). The Labute approximate surface area is 91.9 Å². The molecule has 15 heavy (non-hydrogen) atoms. The Morgan fingerprint density at radius 2 is 2.13 bits per heavy atom. The van der Waals surface area contributed by atoms with E-state index in [1.807, 2.05) is 0 Å². The Bertz CT molecular complexity index is 339. The van der Waals surface area contributed by atoms with Gasteiger partial charge in [-0.05, 0) is 37.9 Å². The largest absolute Gasteiger partial charge is 0.310 e. The van der Waals surface area contributed by atoms with Gasteiger partial charge in [0.1, 0.15) is 0 Å². The average molecular weight is 202 g/mol. The Hall–Kier alpha value is -1.33.